The molecule has 0 fully saturated rings. The van der Waals surface area contributed by atoms with E-state index < -0.39 is 0 Å². The minimum absolute atomic E-state index is 0.194. The van der Waals surface area contributed by atoms with Gasteiger partial charge in [0.15, 0.2) is 0 Å². The highest BCUT2D eigenvalue weighted by Crippen LogP contribution is 2.08. The van der Waals surface area contributed by atoms with Gasteiger partial charge in [0.05, 0.1) is 11.9 Å². The SMILES string of the molecule is Cc1cn(-c2nonc2N)nn1. The van der Waals surface area contributed by atoms with Gasteiger partial charge in [0, 0.05) is 0 Å². The lowest BCUT2D eigenvalue weighted by Crippen LogP contribution is -1.99. The zero-order chi connectivity index (χ0) is 8.55. The Kier molecular flexibility index (Phi) is 1.29. The molecule has 7 heteroatoms. The van der Waals surface area contributed by atoms with E-state index in [1.165, 1.54) is 4.68 Å². The second kappa shape index (κ2) is 2.29. The molecule has 7 nitrogen and oxygen atoms in total. The Morgan fingerprint density at radius 2 is 2.33 bits per heavy atom. The maximum Gasteiger partial charge on any atom is 0.243 e. The van der Waals surface area contributed by atoms with Gasteiger partial charge in [-0.25, -0.2) is 4.63 Å². The average Bonchev–Trinajstić information content (AvgIpc) is 2.58. The Labute approximate surface area is 67.1 Å². The van der Waals surface area contributed by atoms with Crippen molar-refractivity contribution in [1.29, 1.82) is 0 Å². The summed E-state index contributed by atoms with van der Waals surface area (Å²) in [6.07, 6.45) is 1.68. The summed E-state index contributed by atoms with van der Waals surface area (Å²) in [4.78, 5) is 0. The third kappa shape index (κ3) is 0.911. The second-order valence-electron chi connectivity index (χ2n) is 2.28. The minimum atomic E-state index is 0.194. The minimum Gasteiger partial charge on any atom is -0.378 e. The van der Waals surface area contributed by atoms with Gasteiger partial charge in [-0.3, -0.25) is 0 Å². The standard InChI is InChI=1S/C5H6N6O/c1-3-2-11(10-7-3)5-4(6)8-12-9-5/h2H,1H3,(H2,6,8). The van der Waals surface area contributed by atoms with Crippen LogP contribution in [0.4, 0.5) is 5.82 Å². The Morgan fingerprint density at radius 3 is 2.83 bits per heavy atom. The van der Waals surface area contributed by atoms with Crippen LogP contribution in [0, 0.1) is 6.92 Å². The van der Waals surface area contributed by atoms with Crippen LogP contribution in [-0.4, -0.2) is 25.3 Å². The molecule has 0 saturated carbocycles. The first-order valence-corrected chi connectivity index (χ1v) is 3.25. The molecule has 2 aromatic rings. The molecule has 12 heavy (non-hydrogen) atoms. The number of nitrogens with two attached hydrogens (primary N) is 1. The molecular weight excluding hydrogens is 160 g/mol. The highest BCUT2D eigenvalue weighted by Gasteiger charge is 2.09. The number of aromatic nitrogens is 5. The summed E-state index contributed by atoms with van der Waals surface area (Å²) in [7, 11) is 0. The van der Waals surface area contributed by atoms with Gasteiger partial charge in [0.2, 0.25) is 11.6 Å². The van der Waals surface area contributed by atoms with E-state index in [2.05, 4.69) is 25.3 Å². The van der Waals surface area contributed by atoms with Gasteiger partial charge in [-0.1, -0.05) is 5.21 Å². The van der Waals surface area contributed by atoms with Crippen molar-refractivity contribution in [3.63, 3.8) is 0 Å². The lowest BCUT2D eigenvalue weighted by atomic mass is 10.5. The monoisotopic (exact) mass is 166 g/mol. The molecule has 0 aromatic carbocycles. The number of hydrogen-bond acceptors (Lipinski definition) is 6. The number of nitrogen functional groups attached to an aromatic ring is 1. The van der Waals surface area contributed by atoms with Crippen molar-refractivity contribution in [2.24, 2.45) is 0 Å². The van der Waals surface area contributed by atoms with E-state index in [4.69, 9.17) is 5.73 Å². The summed E-state index contributed by atoms with van der Waals surface area (Å²) in [5, 5.41) is 14.5. The first-order chi connectivity index (χ1) is 5.77. The van der Waals surface area contributed by atoms with Crippen LogP contribution in [0.2, 0.25) is 0 Å². The topological polar surface area (TPSA) is 95.7 Å². The quantitative estimate of drug-likeness (QED) is 0.615. The van der Waals surface area contributed by atoms with Crippen LogP contribution in [-0.2, 0) is 0 Å². The van der Waals surface area contributed by atoms with Crippen LogP contribution in [0.1, 0.15) is 5.69 Å². The fraction of sp³-hybridized carbons (Fsp3) is 0.200. The molecule has 0 atom stereocenters. The molecule has 2 aromatic heterocycles. The number of aryl methyl sites for hydroxylation is 1. The Balaban J connectivity index is 2.50. The molecule has 62 valence electrons. The van der Waals surface area contributed by atoms with Crippen molar-refractivity contribution < 1.29 is 4.63 Å². The molecule has 0 bridgehead atoms. The lowest BCUT2D eigenvalue weighted by molar-refractivity contribution is 0.307. The van der Waals surface area contributed by atoms with Crippen LogP contribution in [0.3, 0.4) is 0 Å². The molecule has 0 aliphatic heterocycles. The van der Waals surface area contributed by atoms with E-state index in [1.54, 1.807) is 6.20 Å². The predicted octanol–water partition coefficient (Wildman–Crippen LogP) is -0.459. The van der Waals surface area contributed by atoms with Gasteiger partial charge in [0.1, 0.15) is 0 Å². The number of hydrogen-bond donors (Lipinski definition) is 1. The van der Waals surface area contributed by atoms with E-state index in [0.717, 1.165) is 5.69 Å². The Hall–Kier alpha value is -1.92. The van der Waals surface area contributed by atoms with E-state index >= 15 is 0 Å². The summed E-state index contributed by atoms with van der Waals surface area (Å²) in [6, 6.07) is 0. The van der Waals surface area contributed by atoms with Gasteiger partial charge in [0.25, 0.3) is 0 Å². The fourth-order valence-corrected chi connectivity index (χ4v) is 0.801. The van der Waals surface area contributed by atoms with Crippen molar-refractivity contribution >= 4 is 5.82 Å². The van der Waals surface area contributed by atoms with Crippen LogP contribution < -0.4 is 5.73 Å². The third-order valence-electron chi connectivity index (χ3n) is 1.32. The molecule has 2 rings (SSSR count). The van der Waals surface area contributed by atoms with Crippen molar-refractivity contribution in [2.75, 3.05) is 5.73 Å². The predicted molar refractivity (Wildman–Crippen MR) is 38.4 cm³/mol. The van der Waals surface area contributed by atoms with Gasteiger partial charge < -0.3 is 5.73 Å². The molecule has 0 radical (unpaired) electrons. The number of nitrogens with zero attached hydrogens (tertiary/aromatic N) is 5. The molecule has 0 spiro atoms. The molecule has 0 unspecified atom stereocenters. The second-order valence-corrected chi connectivity index (χ2v) is 2.28. The van der Waals surface area contributed by atoms with Crippen LogP contribution in [0.5, 0.6) is 0 Å². The summed E-state index contributed by atoms with van der Waals surface area (Å²) in [5.74, 6) is 0.551. The Bertz CT molecular complexity index is 390. The molecule has 0 amide bonds. The van der Waals surface area contributed by atoms with Crippen LogP contribution in [0.25, 0.3) is 5.82 Å². The van der Waals surface area contributed by atoms with Crippen molar-refractivity contribution in [3.8, 4) is 5.82 Å². The maximum absolute atomic E-state index is 5.43. The van der Waals surface area contributed by atoms with E-state index in [9.17, 15) is 0 Å². The maximum atomic E-state index is 5.43. The molecule has 2 heterocycles. The Morgan fingerprint density at radius 1 is 1.50 bits per heavy atom. The zero-order valence-corrected chi connectivity index (χ0v) is 6.30. The molecule has 0 aliphatic rings. The van der Waals surface area contributed by atoms with Crippen molar-refractivity contribution in [1.82, 2.24) is 25.3 Å². The molecule has 0 aliphatic carbocycles. The molecular formula is C5H6N6O. The summed E-state index contributed by atoms with van der Waals surface area (Å²) in [5.41, 5.74) is 6.20. The smallest absolute Gasteiger partial charge is 0.243 e. The van der Waals surface area contributed by atoms with Crippen LogP contribution in [0.15, 0.2) is 10.8 Å². The summed E-state index contributed by atoms with van der Waals surface area (Å²) < 4.78 is 5.80. The lowest BCUT2D eigenvalue weighted by Gasteiger charge is -1.89. The van der Waals surface area contributed by atoms with Gasteiger partial charge in [-0.05, 0) is 17.2 Å². The highest BCUT2D eigenvalue weighted by atomic mass is 16.6. The third-order valence-corrected chi connectivity index (χ3v) is 1.32. The largest absolute Gasteiger partial charge is 0.378 e. The number of rotatable bonds is 1. The normalized spacial score (nSPS) is 10.4. The van der Waals surface area contributed by atoms with Gasteiger partial charge in [-0.15, -0.1) is 5.10 Å². The van der Waals surface area contributed by atoms with Gasteiger partial charge in [-0.2, -0.15) is 4.68 Å². The van der Waals surface area contributed by atoms with E-state index in [0.29, 0.717) is 5.82 Å². The zero-order valence-electron chi connectivity index (χ0n) is 6.30. The first kappa shape index (κ1) is 6.77. The molecule has 2 N–H and O–H groups in total. The average molecular weight is 166 g/mol. The number of anilines is 1. The van der Waals surface area contributed by atoms with E-state index in [1.807, 2.05) is 6.92 Å². The summed E-state index contributed by atoms with van der Waals surface area (Å²) in [6.45, 7) is 1.81. The van der Waals surface area contributed by atoms with Crippen molar-refractivity contribution in [3.05, 3.63) is 11.9 Å². The highest BCUT2D eigenvalue weighted by molar-refractivity contribution is 5.43. The van der Waals surface area contributed by atoms with Crippen molar-refractivity contribution in [2.45, 2.75) is 6.92 Å². The molecule has 0 saturated heterocycles. The first-order valence-electron chi connectivity index (χ1n) is 3.25. The van der Waals surface area contributed by atoms with E-state index in [-0.39, 0.29) is 5.82 Å². The fourth-order valence-electron chi connectivity index (χ4n) is 0.801. The van der Waals surface area contributed by atoms with Crippen LogP contribution >= 0.6 is 0 Å². The van der Waals surface area contributed by atoms with Gasteiger partial charge >= 0.3 is 0 Å². The summed E-state index contributed by atoms with van der Waals surface area (Å²) >= 11 is 0.